The lowest BCUT2D eigenvalue weighted by Crippen LogP contribution is -2.42. The van der Waals surface area contributed by atoms with Gasteiger partial charge in [-0.3, -0.25) is 0 Å². The third-order valence-electron chi connectivity index (χ3n) is 3.99. The van der Waals surface area contributed by atoms with Crippen LogP contribution in [0.1, 0.15) is 18.5 Å². The minimum atomic E-state index is 0.288. The van der Waals surface area contributed by atoms with Gasteiger partial charge in [-0.15, -0.1) is 0 Å². The second-order valence-corrected chi connectivity index (χ2v) is 6.06. The quantitative estimate of drug-likeness (QED) is 0.920. The number of hydrogen-bond acceptors (Lipinski definition) is 7. The van der Waals surface area contributed by atoms with E-state index in [4.69, 9.17) is 5.26 Å². The highest BCUT2D eigenvalue weighted by Gasteiger charge is 2.21. The summed E-state index contributed by atoms with van der Waals surface area (Å²) in [5.74, 6) is 2.38. The van der Waals surface area contributed by atoms with E-state index in [0.29, 0.717) is 11.6 Å². The van der Waals surface area contributed by atoms with Crippen molar-refractivity contribution in [2.45, 2.75) is 18.9 Å². The van der Waals surface area contributed by atoms with Gasteiger partial charge in [-0.1, -0.05) is 6.07 Å². The van der Waals surface area contributed by atoms with Crippen molar-refractivity contribution in [2.75, 3.05) is 42.3 Å². The first kappa shape index (κ1) is 16.0. The first-order chi connectivity index (χ1) is 11.7. The van der Waals surface area contributed by atoms with Gasteiger partial charge in [0.15, 0.2) is 0 Å². The zero-order valence-corrected chi connectivity index (χ0v) is 14.0. The van der Waals surface area contributed by atoms with Crippen molar-refractivity contribution in [3.8, 4) is 6.07 Å². The van der Waals surface area contributed by atoms with E-state index in [9.17, 15) is 0 Å². The third-order valence-corrected chi connectivity index (χ3v) is 3.99. The number of pyridine rings is 1. The average Bonchev–Trinajstić information content (AvgIpc) is 2.62. The molecule has 1 aliphatic rings. The van der Waals surface area contributed by atoms with Crippen LogP contribution in [-0.4, -0.2) is 48.2 Å². The molecule has 0 saturated carbocycles. The van der Waals surface area contributed by atoms with Crippen molar-refractivity contribution in [3.63, 3.8) is 0 Å². The smallest absolute Gasteiger partial charge is 0.226 e. The molecule has 0 radical (unpaired) electrons. The van der Waals surface area contributed by atoms with E-state index >= 15 is 0 Å². The Balaban J connectivity index is 1.69. The van der Waals surface area contributed by atoms with Gasteiger partial charge in [-0.2, -0.15) is 10.2 Å². The average molecular weight is 323 g/mol. The van der Waals surface area contributed by atoms with Crippen molar-refractivity contribution in [1.82, 2.24) is 15.0 Å². The van der Waals surface area contributed by atoms with E-state index in [1.807, 2.05) is 37.2 Å². The Morgan fingerprint density at radius 2 is 2.17 bits per heavy atom. The molecule has 1 atom stereocenters. The fraction of sp³-hybridized carbons (Fsp3) is 0.412. The summed E-state index contributed by atoms with van der Waals surface area (Å²) >= 11 is 0. The zero-order valence-electron chi connectivity index (χ0n) is 14.0. The molecular formula is C17H21N7. The number of piperidine rings is 1. The molecule has 3 rings (SSSR count). The number of nitriles is 1. The van der Waals surface area contributed by atoms with Crippen molar-refractivity contribution < 1.29 is 0 Å². The van der Waals surface area contributed by atoms with Crippen LogP contribution in [0.15, 0.2) is 30.5 Å². The number of nitrogens with one attached hydrogen (secondary N) is 1. The van der Waals surface area contributed by atoms with Gasteiger partial charge in [0.05, 0.1) is 0 Å². The number of hydrogen-bond donors (Lipinski definition) is 1. The molecule has 1 aliphatic heterocycles. The summed E-state index contributed by atoms with van der Waals surface area (Å²) in [5.41, 5.74) is 0.453. The van der Waals surface area contributed by atoms with E-state index in [-0.39, 0.29) is 6.04 Å². The number of aromatic nitrogens is 3. The summed E-state index contributed by atoms with van der Waals surface area (Å²) in [5, 5.41) is 12.5. The van der Waals surface area contributed by atoms with Crippen LogP contribution in [0.3, 0.4) is 0 Å². The lowest BCUT2D eigenvalue weighted by molar-refractivity contribution is 0.525. The highest BCUT2D eigenvalue weighted by atomic mass is 15.2. The van der Waals surface area contributed by atoms with E-state index in [1.165, 1.54) is 0 Å². The predicted molar refractivity (Wildman–Crippen MR) is 94.2 cm³/mol. The molecule has 1 N–H and O–H groups in total. The molecule has 7 heteroatoms. The molecule has 0 amide bonds. The Morgan fingerprint density at radius 1 is 1.29 bits per heavy atom. The van der Waals surface area contributed by atoms with E-state index in [1.54, 1.807) is 12.3 Å². The standard InChI is InChI=1S/C17H21N7/c1-23(2)17-19-9-8-15(22-17)20-14-6-4-10-24(12-14)16-7-3-5-13(11-18)21-16/h3,5,7-9,14H,4,6,10,12H2,1-2H3,(H,19,20,22). The molecule has 0 spiro atoms. The Kier molecular flexibility index (Phi) is 4.75. The molecule has 0 aliphatic carbocycles. The highest BCUT2D eigenvalue weighted by Crippen LogP contribution is 2.20. The highest BCUT2D eigenvalue weighted by molar-refractivity contribution is 5.45. The van der Waals surface area contributed by atoms with E-state index < -0.39 is 0 Å². The maximum Gasteiger partial charge on any atom is 0.226 e. The number of nitrogens with zero attached hydrogens (tertiary/aromatic N) is 6. The molecule has 2 aromatic rings. The van der Waals surface area contributed by atoms with Crippen LogP contribution in [0, 0.1) is 11.3 Å². The summed E-state index contributed by atoms with van der Waals surface area (Å²) in [7, 11) is 3.85. The second-order valence-electron chi connectivity index (χ2n) is 6.06. The molecule has 1 unspecified atom stereocenters. The molecular weight excluding hydrogens is 302 g/mol. The molecule has 1 fully saturated rings. The molecule has 7 nitrogen and oxygen atoms in total. The van der Waals surface area contributed by atoms with Gasteiger partial charge in [0, 0.05) is 39.4 Å². The van der Waals surface area contributed by atoms with Gasteiger partial charge in [-0.05, 0) is 31.0 Å². The Morgan fingerprint density at radius 3 is 2.96 bits per heavy atom. The molecule has 124 valence electrons. The van der Waals surface area contributed by atoms with Gasteiger partial charge in [0.25, 0.3) is 0 Å². The van der Waals surface area contributed by atoms with Gasteiger partial charge >= 0.3 is 0 Å². The first-order valence-electron chi connectivity index (χ1n) is 8.05. The maximum atomic E-state index is 9.02. The fourth-order valence-corrected chi connectivity index (χ4v) is 2.82. The SMILES string of the molecule is CN(C)c1nccc(NC2CCCN(c3cccc(C#N)n3)C2)n1. The molecule has 24 heavy (non-hydrogen) atoms. The van der Waals surface area contributed by atoms with Crippen molar-refractivity contribution in [1.29, 1.82) is 5.26 Å². The number of anilines is 3. The third kappa shape index (κ3) is 3.71. The fourth-order valence-electron chi connectivity index (χ4n) is 2.82. The minimum absolute atomic E-state index is 0.288. The van der Waals surface area contributed by atoms with Gasteiger partial charge in [0.2, 0.25) is 5.95 Å². The van der Waals surface area contributed by atoms with Gasteiger partial charge in [0.1, 0.15) is 23.4 Å². The molecule has 2 aromatic heterocycles. The Hall–Kier alpha value is -2.88. The predicted octanol–water partition coefficient (Wildman–Crippen LogP) is 1.89. The van der Waals surface area contributed by atoms with Crippen LogP contribution >= 0.6 is 0 Å². The summed E-state index contributed by atoms with van der Waals surface area (Å²) in [4.78, 5) is 17.3. The second kappa shape index (κ2) is 7.13. The van der Waals surface area contributed by atoms with Crippen LogP contribution in [0.2, 0.25) is 0 Å². The lowest BCUT2D eigenvalue weighted by Gasteiger charge is -2.34. The van der Waals surface area contributed by atoms with E-state index in [0.717, 1.165) is 37.6 Å². The van der Waals surface area contributed by atoms with Crippen LogP contribution < -0.4 is 15.1 Å². The molecule has 0 bridgehead atoms. The van der Waals surface area contributed by atoms with Gasteiger partial charge < -0.3 is 15.1 Å². The monoisotopic (exact) mass is 323 g/mol. The minimum Gasteiger partial charge on any atom is -0.365 e. The Bertz CT molecular complexity index is 738. The summed E-state index contributed by atoms with van der Waals surface area (Å²) in [6, 6.07) is 9.84. The normalized spacial score (nSPS) is 17.2. The zero-order chi connectivity index (χ0) is 16.9. The Labute approximate surface area is 142 Å². The number of rotatable bonds is 4. The summed E-state index contributed by atoms with van der Waals surface area (Å²) < 4.78 is 0. The van der Waals surface area contributed by atoms with Crippen LogP contribution in [0.5, 0.6) is 0 Å². The molecule has 0 aromatic carbocycles. The topological polar surface area (TPSA) is 81.0 Å². The van der Waals surface area contributed by atoms with Crippen molar-refractivity contribution in [2.24, 2.45) is 0 Å². The van der Waals surface area contributed by atoms with Crippen LogP contribution in [0.25, 0.3) is 0 Å². The van der Waals surface area contributed by atoms with Crippen molar-refractivity contribution >= 4 is 17.6 Å². The van der Waals surface area contributed by atoms with Crippen molar-refractivity contribution in [3.05, 3.63) is 36.2 Å². The van der Waals surface area contributed by atoms with Gasteiger partial charge in [-0.25, -0.2) is 9.97 Å². The van der Waals surface area contributed by atoms with E-state index in [2.05, 4.69) is 31.2 Å². The molecule has 3 heterocycles. The lowest BCUT2D eigenvalue weighted by atomic mass is 10.1. The van der Waals surface area contributed by atoms with Crippen LogP contribution in [0.4, 0.5) is 17.6 Å². The summed E-state index contributed by atoms with van der Waals surface area (Å²) in [6.45, 7) is 1.79. The molecule has 1 saturated heterocycles. The summed E-state index contributed by atoms with van der Waals surface area (Å²) in [6.07, 6.45) is 3.92. The largest absolute Gasteiger partial charge is 0.365 e. The maximum absolute atomic E-state index is 9.02. The van der Waals surface area contributed by atoms with Crippen LogP contribution in [-0.2, 0) is 0 Å². The first-order valence-corrected chi connectivity index (χ1v) is 8.05.